The Morgan fingerprint density at radius 3 is 2.30 bits per heavy atom. The van der Waals surface area contributed by atoms with Gasteiger partial charge in [-0.15, -0.1) is 11.3 Å². The zero-order chi connectivity index (χ0) is 31.3. The summed E-state index contributed by atoms with van der Waals surface area (Å²) in [6.45, 7) is 4.72. The van der Waals surface area contributed by atoms with Crippen LogP contribution in [0.15, 0.2) is 134 Å². The summed E-state index contributed by atoms with van der Waals surface area (Å²) in [5.74, 6) is 0.678. The Morgan fingerprint density at radius 1 is 0.638 bits per heavy atom. The Labute approximate surface area is 275 Å². The maximum Gasteiger partial charge on any atom is 0.235 e. The van der Waals surface area contributed by atoms with Gasteiger partial charge in [0.1, 0.15) is 0 Å². The highest BCUT2D eigenvalue weighted by atomic mass is 32.1. The van der Waals surface area contributed by atoms with Gasteiger partial charge in [0.05, 0.1) is 26.9 Å². The third-order valence-corrected chi connectivity index (χ3v) is 11.4. The first-order chi connectivity index (χ1) is 23.1. The summed E-state index contributed by atoms with van der Waals surface area (Å²) in [5, 5.41) is 4.73. The molecule has 10 rings (SSSR count). The zero-order valence-electron chi connectivity index (χ0n) is 25.9. The lowest BCUT2D eigenvalue weighted by Gasteiger charge is -2.19. The molecule has 4 aromatic heterocycles. The second-order valence-electron chi connectivity index (χ2n) is 12.9. The van der Waals surface area contributed by atoms with Crippen molar-refractivity contribution in [2.45, 2.75) is 19.3 Å². The molecule has 5 heteroatoms. The van der Waals surface area contributed by atoms with Crippen molar-refractivity contribution in [3.63, 3.8) is 0 Å². The van der Waals surface area contributed by atoms with Crippen molar-refractivity contribution in [3.05, 3.63) is 144 Å². The summed E-state index contributed by atoms with van der Waals surface area (Å²) in [7, 11) is 0. The van der Waals surface area contributed by atoms with Gasteiger partial charge in [-0.3, -0.25) is 9.55 Å². The first-order valence-corrected chi connectivity index (χ1v) is 16.8. The second-order valence-corrected chi connectivity index (χ2v) is 13.9. The first kappa shape index (κ1) is 26.6. The minimum atomic E-state index is -0.0648. The van der Waals surface area contributed by atoms with Crippen LogP contribution in [0.5, 0.6) is 0 Å². The molecular formula is C42H28N4S. The summed E-state index contributed by atoms with van der Waals surface area (Å²) < 4.78 is 3.58. The second kappa shape index (κ2) is 9.68. The molecule has 0 spiro atoms. The lowest BCUT2D eigenvalue weighted by atomic mass is 9.87. The molecule has 0 saturated heterocycles. The molecule has 0 atom stereocenters. The molecular weight excluding hydrogens is 593 g/mol. The molecule has 0 saturated carbocycles. The van der Waals surface area contributed by atoms with Crippen LogP contribution in [-0.2, 0) is 5.41 Å². The lowest BCUT2D eigenvalue weighted by Crippen LogP contribution is -2.13. The number of rotatable bonds is 3. The minimum absolute atomic E-state index is 0.0648. The molecule has 1 aliphatic rings. The SMILES string of the molecule is CC1(C)c2ccccc2-c2c1sc1c2ccc2c3ccccc3n(-c3nc(-c4ccccc4)c4cc(-c5cccnc5)ccc4n3)c21. The Kier molecular flexibility index (Phi) is 5.47. The van der Waals surface area contributed by atoms with Crippen LogP contribution in [0.25, 0.3) is 82.3 Å². The predicted octanol–water partition coefficient (Wildman–Crippen LogP) is 11.0. The van der Waals surface area contributed by atoms with E-state index >= 15 is 0 Å². The van der Waals surface area contributed by atoms with Gasteiger partial charge in [0.25, 0.3) is 0 Å². The van der Waals surface area contributed by atoms with E-state index in [1.165, 1.54) is 47.9 Å². The van der Waals surface area contributed by atoms with E-state index in [4.69, 9.17) is 9.97 Å². The average Bonchev–Trinajstić information content (AvgIpc) is 3.75. The number of aromatic nitrogens is 4. The highest BCUT2D eigenvalue weighted by molar-refractivity contribution is 7.21. The van der Waals surface area contributed by atoms with Crippen LogP contribution in [0.2, 0.25) is 0 Å². The third-order valence-electron chi connectivity index (χ3n) is 9.85. The number of fused-ring (bicyclic) bond motifs is 10. The molecule has 0 bridgehead atoms. The number of nitrogens with zero attached hydrogens (tertiary/aromatic N) is 4. The molecule has 0 fully saturated rings. The van der Waals surface area contributed by atoms with E-state index in [1.807, 2.05) is 29.7 Å². The van der Waals surface area contributed by atoms with Crippen molar-refractivity contribution >= 4 is 54.1 Å². The van der Waals surface area contributed by atoms with Crippen LogP contribution < -0.4 is 0 Å². The number of benzene rings is 5. The fourth-order valence-corrected chi connectivity index (χ4v) is 9.10. The van der Waals surface area contributed by atoms with E-state index in [0.29, 0.717) is 5.95 Å². The van der Waals surface area contributed by atoms with Gasteiger partial charge in [-0.2, -0.15) is 0 Å². The maximum atomic E-state index is 5.42. The number of thiophene rings is 1. The Balaban J connectivity index is 1.31. The van der Waals surface area contributed by atoms with E-state index in [1.54, 1.807) is 6.20 Å². The topological polar surface area (TPSA) is 43.6 Å². The van der Waals surface area contributed by atoms with Crippen molar-refractivity contribution in [1.82, 2.24) is 19.5 Å². The maximum absolute atomic E-state index is 5.42. The number of hydrogen-bond donors (Lipinski definition) is 0. The van der Waals surface area contributed by atoms with Gasteiger partial charge >= 0.3 is 0 Å². The summed E-state index contributed by atoms with van der Waals surface area (Å²) >= 11 is 1.92. The van der Waals surface area contributed by atoms with Crippen molar-refractivity contribution in [2.24, 2.45) is 0 Å². The lowest BCUT2D eigenvalue weighted by molar-refractivity contribution is 0.674. The van der Waals surface area contributed by atoms with Crippen molar-refractivity contribution in [2.75, 3.05) is 0 Å². The van der Waals surface area contributed by atoms with E-state index in [0.717, 1.165) is 38.8 Å². The van der Waals surface area contributed by atoms with Crippen LogP contribution in [0.1, 0.15) is 24.3 Å². The molecule has 47 heavy (non-hydrogen) atoms. The molecule has 5 aromatic carbocycles. The minimum Gasteiger partial charge on any atom is -0.276 e. The third kappa shape index (κ3) is 3.72. The fraction of sp³-hybridized carbons (Fsp3) is 0.0714. The van der Waals surface area contributed by atoms with Gasteiger partial charge in [-0.25, -0.2) is 9.97 Å². The first-order valence-electron chi connectivity index (χ1n) is 15.9. The van der Waals surface area contributed by atoms with Crippen LogP contribution in [-0.4, -0.2) is 19.5 Å². The Bertz CT molecular complexity index is 2700. The number of pyridine rings is 1. The van der Waals surface area contributed by atoms with Gasteiger partial charge in [0, 0.05) is 60.9 Å². The van der Waals surface area contributed by atoms with Gasteiger partial charge in [-0.05, 0) is 41.0 Å². The Morgan fingerprint density at radius 2 is 1.43 bits per heavy atom. The van der Waals surface area contributed by atoms with Crippen molar-refractivity contribution in [3.8, 4) is 39.5 Å². The van der Waals surface area contributed by atoms with Crippen LogP contribution in [0.3, 0.4) is 0 Å². The van der Waals surface area contributed by atoms with Crippen LogP contribution >= 0.6 is 11.3 Å². The fourth-order valence-electron chi connectivity index (χ4n) is 7.63. The number of para-hydroxylation sites is 1. The quantitative estimate of drug-likeness (QED) is 0.197. The van der Waals surface area contributed by atoms with Crippen molar-refractivity contribution < 1.29 is 0 Å². The zero-order valence-corrected chi connectivity index (χ0v) is 26.7. The molecule has 0 unspecified atom stereocenters. The molecule has 4 heterocycles. The number of hydrogen-bond acceptors (Lipinski definition) is 4. The monoisotopic (exact) mass is 620 g/mol. The highest BCUT2D eigenvalue weighted by Gasteiger charge is 2.39. The predicted molar refractivity (Wildman–Crippen MR) is 195 cm³/mol. The molecule has 4 nitrogen and oxygen atoms in total. The van der Waals surface area contributed by atoms with Gasteiger partial charge in [0.15, 0.2) is 0 Å². The van der Waals surface area contributed by atoms with E-state index in [9.17, 15) is 0 Å². The van der Waals surface area contributed by atoms with Gasteiger partial charge in [0.2, 0.25) is 5.95 Å². The van der Waals surface area contributed by atoms with Crippen LogP contribution in [0, 0.1) is 0 Å². The summed E-state index contributed by atoms with van der Waals surface area (Å²) in [5.41, 5.74) is 11.4. The molecule has 9 aromatic rings. The van der Waals surface area contributed by atoms with Gasteiger partial charge in [-0.1, -0.05) is 111 Å². The Hall–Kier alpha value is -5.65. The largest absolute Gasteiger partial charge is 0.276 e. The van der Waals surface area contributed by atoms with E-state index in [2.05, 4.69) is 133 Å². The van der Waals surface area contributed by atoms with Crippen LogP contribution in [0.4, 0.5) is 0 Å². The van der Waals surface area contributed by atoms with Crippen molar-refractivity contribution in [1.29, 1.82) is 0 Å². The van der Waals surface area contributed by atoms with Gasteiger partial charge < -0.3 is 0 Å². The molecule has 1 aliphatic carbocycles. The molecule has 222 valence electrons. The van der Waals surface area contributed by atoms with E-state index in [-0.39, 0.29) is 5.41 Å². The molecule has 0 radical (unpaired) electrons. The summed E-state index contributed by atoms with van der Waals surface area (Å²) in [6, 6.07) is 43.2. The standard InChI is InChI=1S/C42H28N4S/c1-42(2)33-16-8-6-15-30(33)36-31-20-19-29-28-14-7-9-17-35(28)46(38(29)39(31)47-40(36)42)41-44-34-21-18-26(27-13-10-22-43-24-27)23-32(34)37(45-41)25-11-4-3-5-12-25/h3-24H,1-2H3. The molecule has 0 amide bonds. The molecule has 0 aliphatic heterocycles. The highest BCUT2D eigenvalue weighted by Crippen LogP contribution is 2.56. The smallest absolute Gasteiger partial charge is 0.235 e. The van der Waals surface area contributed by atoms with E-state index < -0.39 is 0 Å². The normalized spacial score (nSPS) is 13.5. The summed E-state index contributed by atoms with van der Waals surface area (Å²) in [6.07, 6.45) is 3.71. The average molecular weight is 621 g/mol. The molecule has 0 N–H and O–H groups in total. The summed E-state index contributed by atoms with van der Waals surface area (Å²) in [4.78, 5) is 16.5.